The number of Topliss-reactive ketones (excluding diaryl/α,β-unsaturated/α-hetero) is 1. The predicted octanol–water partition coefficient (Wildman–Crippen LogP) is 3.18. The van der Waals surface area contributed by atoms with E-state index in [0.717, 1.165) is 37.1 Å². The molecule has 0 bridgehead atoms. The highest BCUT2D eigenvalue weighted by Gasteiger charge is 2.40. The maximum Gasteiger partial charge on any atom is 0.260 e. The topological polar surface area (TPSA) is 83.9 Å². The Morgan fingerprint density at radius 3 is 2.65 bits per heavy atom. The summed E-state index contributed by atoms with van der Waals surface area (Å²) in [6.45, 7) is 8.94. The van der Waals surface area contributed by atoms with Crippen molar-refractivity contribution in [1.29, 1.82) is 0 Å². The third-order valence-electron chi connectivity index (χ3n) is 5.92. The van der Waals surface area contributed by atoms with Crippen molar-refractivity contribution in [2.75, 3.05) is 18.0 Å². The van der Waals surface area contributed by atoms with Crippen LogP contribution in [0.4, 0.5) is 5.82 Å². The SMILES string of the molecule is Cc1cc(C2=NOC(C)(C)C2=O)ccc1C(=O)N(c1ncccc1C)[C@@H]1CCCNC1. The molecule has 0 radical (unpaired) electrons. The third-order valence-corrected chi connectivity index (χ3v) is 5.92. The van der Waals surface area contributed by atoms with E-state index in [1.54, 1.807) is 32.2 Å². The van der Waals surface area contributed by atoms with Gasteiger partial charge in [0.25, 0.3) is 5.91 Å². The lowest BCUT2D eigenvalue weighted by Gasteiger charge is -2.35. The van der Waals surface area contributed by atoms with Crippen molar-refractivity contribution in [1.82, 2.24) is 10.3 Å². The first-order valence-electron chi connectivity index (χ1n) is 10.7. The first-order valence-corrected chi connectivity index (χ1v) is 10.7. The minimum atomic E-state index is -0.959. The van der Waals surface area contributed by atoms with Crippen molar-refractivity contribution >= 4 is 23.2 Å². The van der Waals surface area contributed by atoms with E-state index in [4.69, 9.17) is 4.84 Å². The molecule has 1 aromatic carbocycles. The fraction of sp³-hybridized carbons (Fsp3) is 0.417. The summed E-state index contributed by atoms with van der Waals surface area (Å²) in [5.74, 6) is 0.441. The molecule has 0 saturated carbocycles. The van der Waals surface area contributed by atoms with Gasteiger partial charge in [-0.3, -0.25) is 14.5 Å². The number of carbonyl (C=O) groups is 2. The Hall–Kier alpha value is -3.06. The number of anilines is 1. The number of benzene rings is 1. The summed E-state index contributed by atoms with van der Waals surface area (Å²) in [5, 5.41) is 7.37. The lowest BCUT2D eigenvalue weighted by molar-refractivity contribution is -0.128. The Morgan fingerprint density at radius 2 is 2.03 bits per heavy atom. The van der Waals surface area contributed by atoms with E-state index in [1.165, 1.54) is 0 Å². The number of rotatable bonds is 4. The molecule has 2 aliphatic rings. The molecule has 1 aromatic heterocycles. The van der Waals surface area contributed by atoms with Gasteiger partial charge in [-0.2, -0.15) is 0 Å². The smallest absolute Gasteiger partial charge is 0.260 e. The first kappa shape index (κ1) is 21.2. The van der Waals surface area contributed by atoms with Crippen LogP contribution >= 0.6 is 0 Å². The number of ketones is 1. The molecule has 4 rings (SSSR count). The van der Waals surface area contributed by atoms with E-state index < -0.39 is 5.60 Å². The maximum absolute atomic E-state index is 13.8. The van der Waals surface area contributed by atoms with Gasteiger partial charge in [-0.1, -0.05) is 17.3 Å². The van der Waals surface area contributed by atoms with Crippen LogP contribution in [-0.4, -0.2) is 47.1 Å². The van der Waals surface area contributed by atoms with Crippen molar-refractivity contribution in [3.8, 4) is 0 Å². The average Bonchev–Trinajstić information content (AvgIpc) is 3.03. The molecule has 0 spiro atoms. The van der Waals surface area contributed by atoms with Gasteiger partial charge < -0.3 is 10.2 Å². The fourth-order valence-corrected chi connectivity index (χ4v) is 4.11. The molecule has 2 aliphatic heterocycles. The van der Waals surface area contributed by atoms with Gasteiger partial charge in [0.1, 0.15) is 5.82 Å². The summed E-state index contributed by atoms with van der Waals surface area (Å²) in [4.78, 5) is 37.9. The van der Waals surface area contributed by atoms with Gasteiger partial charge in [0.15, 0.2) is 11.3 Å². The van der Waals surface area contributed by atoms with Crippen molar-refractivity contribution in [2.24, 2.45) is 5.16 Å². The zero-order chi connectivity index (χ0) is 22.2. The predicted molar refractivity (Wildman–Crippen MR) is 120 cm³/mol. The number of pyridine rings is 1. The van der Waals surface area contributed by atoms with Gasteiger partial charge in [-0.15, -0.1) is 0 Å². The molecule has 2 aromatic rings. The van der Waals surface area contributed by atoms with Gasteiger partial charge in [0, 0.05) is 23.9 Å². The Kier molecular flexibility index (Phi) is 5.62. The van der Waals surface area contributed by atoms with E-state index in [-0.39, 0.29) is 17.7 Å². The van der Waals surface area contributed by atoms with Crippen LogP contribution in [-0.2, 0) is 9.63 Å². The van der Waals surface area contributed by atoms with E-state index >= 15 is 0 Å². The van der Waals surface area contributed by atoms with E-state index in [9.17, 15) is 9.59 Å². The lowest BCUT2D eigenvalue weighted by atomic mass is 9.93. The number of hydrogen-bond acceptors (Lipinski definition) is 6. The second-order valence-electron chi connectivity index (χ2n) is 8.72. The number of carbonyl (C=O) groups excluding carboxylic acids is 2. The molecule has 0 aliphatic carbocycles. The molecule has 1 N–H and O–H groups in total. The molecular formula is C24H28N4O3. The Morgan fingerprint density at radius 1 is 1.23 bits per heavy atom. The minimum absolute atomic E-state index is 0.0314. The number of hydrogen-bond donors (Lipinski definition) is 1. The van der Waals surface area contributed by atoms with Crippen LogP contribution in [0, 0.1) is 13.8 Å². The van der Waals surface area contributed by atoms with E-state index in [1.807, 2.05) is 36.9 Å². The minimum Gasteiger partial charge on any atom is -0.381 e. The summed E-state index contributed by atoms with van der Waals surface area (Å²) in [6.07, 6.45) is 3.65. The zero-order valence-electron chi connectivity index (χ0n) is 18.4. The van der Waals surface area contributed by atoms with E-state index in [0.29, 0.717) is 22.7 Å². The fourth-order valence-electron chi connectivity index (χ4n) is 4.11. The van der Waals surface area contributed by atoms with Crippen LogP contribution in [0.25, 0.3) is 0 Å². The zero-order valence-corrected chi connectivity index (χ0v) is 18.4. The molecule has 162 valence electrons. The molecule has 0 unspecified atom stereocenters. The highest BCUT2D eigenvalue weighted by atomic mass is 16.7. The van der Waals surface area contributed by atoms with Crippen molar-refractivity contribution in [3.05, 3.63) is 58.8 Å². The number of piperidine rings is 1. The average molecular weight is 421 g/mol. The Labute approximate surface area is 182 Å². The number of nitrogens with zero attached hydrogens (tertiary/aromatic N) is 3. The van der Waals surface area contributed by atoms with Crippen molar-refractivity contribution in [3.63, 3.8) is 0 Å². The van der Waals surface area contributed by atoms with Crippen LogP contribution in [0.3, 0.4) is 0 Å². The van der Waals surface area contributed by atoms with E-state index in [2.05, 4.69) is 15.5 Å². The van der Waals surface area contributed by atoms with Crippen LogP contribution in [0.2, 0.25) is 0 Å². The monoisotopic (exact) mass is 420 g/mol. The molecule has 31 heavy (non-hydrogen) atoms. The van der Waals surface area contributed by atoms with Crippen LogP contribution in [0.15, 0.2) is 41.7 Å². The quantitative estimate of drug-likeness (QED) is 0.821. The highest BCUT2D eigenvalue weighted by molar-refractivity contribution is 6.49. The number of oxime groups is 1. The Balaban J connectivity index is 1.69. The standard InChI is InChI=1S/C24H28N4O3/c1-15-7-5-12-26-22(15)28(18-8-6-11-25-14-18)23(30)19-10-9-17(13-16(19)2)20-21(29)24(3,4)31-27-20/h5,7,9-10,12-13,18,25H,6,8,11,14H2,1-4H3/t18-/m1/s1. The van der Waals surface area contributed by atoms with Gasteiger partial charge >= 0.3 is 0 Å². The van der Waals surface area contributed by atoms with Gasteiger partial charge in [0.2, 0.25) is 5.78 Å². The second-order valence-corrected chi connectivity index (χ2v) is 8.72. The number of aromatic nitrogens is 1. The van der Waals surface area contributed by atoms with Crippen LogP contribution in [0.5, 0.6) is 0 Å². The van der Waals surface area contributed by atoms with Gasteiger partial charge in [-0.25, -0.2) is 4.98 Å². The third kappa shape index (κ3) is 3.97. The summed E-state index contributed by atoms with van der Waals surface area (Å²) < 4.78 is 0. The largest absolute Gasteiger partial charge is 0.381 e. The lowest BCUT2D eigenvalue weighted by Crippen LogP contribution is -2.49. The van der Waals surface area contributed by atoms with Gasteiger partial charge in [-0.05, 0) is 76.4 Å². The molecule has 1 atom stereocenters. The Bertz CT molecular complexity index is 1050. The molecule has 3 heterocycles. The highest BCUT2D eigenvalue weighted by Crippen LogP contribution is 2.27. The molecule has 7 nitrogen and oxygen atoms in total. The molecule has 1 amide bonds. The van der Waals surface area contributed by atoms with Crippen LogP contribution < -0.4 is 10.2 Å². The number of nitrogens with one attached hydrogen (secondary N) is 1. The molecular weight excluding hydrogens is 392 g/mol. The summed E-state index contributed by atoms with van der Waals surface area (Å²) in [5.41, 5.74) is 2.32. The van der Waals surface area contributed by atoms with Crippen LogP contribution in [0.1, 0.15) is 53.7 Å². The molecule has 1 fully saturated rings. The van der Waals surface area contributed by atoms with Crippen molar-refractivity contribution < 1.29 is 14.4 Å². The number of aryl methyl sites for hydroxylation is 2. The summed E-state index contributed by atoms with van der Waals surface area (Å²) in [6, 6.07) is 9.25. The maximum atomic E-state index is 13.8. The van der Waals surface area contributed by atoms with Gasteiger partial charge in [0.05, 0.1) is 6.04 Å². The normalized spacial score (nSPS) is 20.2. The number of amides is 1. The summed E-state index contributed by atoms with van der Waals surface area (Å²) in [7, 11) is 0. The molecule has 7 heteroatoms. The molecule has 1 saturated heterocycles. The first-order chi connectivity index (χ1) is 14.8. The van der Waals surface area contributed by atoms with Crippen molar-refractivity contribution in [2.45, 2.75) is 52.2 Å². The second kappa shape index (κ2) is 8.23. The summed E-state index contributed by atoms with van der Waals surface area (Å²) >= 11 is 0.